The van der Waals surface area contributed by atoms with Crippen LogP contribution in [0, 0.1) is 5.92 Å². The summed E-state index contributed by atoms with van der Waals surface area (Å²) in [5.41, 5.74) is 0. The first-order valence-corrected chi connectivity index (χ1v) is 9.00. The predicted octanol–water partition coefficient (Wildman–Crippen LogP) is 1.05. The Bertz CT molecular complexity index is 355. The maximum atomic E-state index is 11.6. The van der Waals surface area contributed by atoms with E-state index in [1.165, 1.54) is 12.8 Å². The van der Waals surface area contributed by atoms with Gasteiger partial charge in [0.15, 0.2) is 9.84 Å². The molecule has 0 aromatic carbocycles. The van der Waals surface area contributed by atoms with Crippen molar-refractivity contribution in [2.75, 3.05) is 31.1 Å². The van der Waals surface area contributed by atoms with Crippen LogP contribution in [0.5, 0.6) is 0 Å². The molecule has 1 N–H and O–H groups in total. The molecule has 2 fully saturated rings. The van der Waals surface area contributed by atoms with Crippen LogP contribution < -0.4 is 0 Å². The molecule has 1 saturated carbocycles. The van der Waals surface area contributed by atoms with E-state index in [0.717, 1.165) is 38.8 Å². The van der Waals surface area contributed by atoms with Gasteiger partial charge in [0.2, 0.25) is 0 Å². The molecule has 4 nitrogen and oxygen atoms in total. The lowest BCUT2D eigenvalue weighted by Crippen LogP contribution is -2.36. The smallest absolute Gasteiger partial charge is 0.151 e. The van der Waals surface area contributed by atoms with Crippen LogP contribution in [0.15, 0.2) is 0 Å². The van der Waals surface area contributed by atoms with Crippen LogP contribution in [0.1, 0.15) is 38.5 Å². The summed E-state index contributed by atoms with van der Waals surface area (Å²) in [5, 5.41) is 10.1. The van der Waals surface area contributed by atoms with Crippen LogP contribution in [-0.2, 0) is 9.84 Å². The van der Waals surface area contributed by atoms with E-state index in [9.17, 15) is 13.5 Å². The van der Waals surface area contributed by atoms with E-state index in [2.05, 4.69) is 4.90 Å². The molecule has 1 heterocycles. The predicted molar refractivity (Wildman–Crippen MR) is 72.3 cm³/mol. The van der Waals surface area contributed by atoms with Gasteiger partial charge in [-0.15, -0.1) is 0 Å². The monoisotopic (exact) mass is 275 g/mol. The molecule has 0 spiro atoms. The SMILES string of the molecule is O=S1(=O)CCCN(CC2CCCCCC2O)CC1. The van der Waals surface area contributed by atoms with Gasteiger partial charge in [-0.2, -0.15) is 0 Å². The Balaban J connectivity index is 1.88. The summed E-state index contributed by atoms with van der Waals surface area (Å²) >= 11 is 0. The average molecular weight is 275 g/mol. The van der Waals surface area contributed by atoms with E-state index in [1.807, 2.05) is 0 Å². The summed E-state index contributed by atoms with van der Waals surface area (Å²) in [6.45, 7) is 2.38. The van der Waals surface area contributed by atoms with Gasteiger partial charge in [-0.1, -0.05) is 19.3 Å². The fourth-order valence-electron chi connectivity index (χ4n) is 3.08. The van der Waals surface area contributed by atoms with Gasteiger partial charge in [0.1, 0.15) is 0 Å². The minimum absolute atomic E-state index is 0.188. The summed E-state index contributed by atoms with van der Waals surface area (Å²) in [7, 11) is -2.82. The fourth-order valence-corrected chi connectivity index (χ4v) is 4.39. The zero-order valence-electron chi connectivity index (χ0n) is 11.1. The highest BCUT2D eigenvalue weighted by Crippen LogP contribution is 2.24. The Morgan fingerprint density at radius 3 is 2.61 bits per heavy atom. The van der Waals surface area contributed by atoms with Crippen LogP contribution in [0.3, 0.4) is 0 Å². The number of sulfone groups is 1. The van der Waals surface area contributed by atoms with Crippen LogP contribution in [-0.4, -0.2) is 55.7 Å². The molecule has 0 radical (unpaired) electrons. The highest BCUT2D eigenvalue weighted by atomic mass is 32.2. The van der Waals surface area contributed by atoms with Crippen molar-refractivity contribution in [3.63, 3.8) is 0 Å². The third kappa shape index (κ3) is 4.21. The topological polar surface area (TPSA) is 57.6 Å². The van der Waals surface area contributed by atoms with Gasteiger partial charge in [-0.3, -0.25) is 0 Å². The lowest BCUT2D eigenvalue weighted by atomic mass is 9.96. The molecule has 2 aliphatic rings. The van der Waals surface area contributed by atoms with Gasteiger partial charge in [0.25, 0.3) is 0 Å². The van der Waals surface area contributed by atoms with E-state index in [1.54, 1.807) is 0 Å². The van der Waals surface area contributed by atoms with Crippen molar-refractivity contribution in [2.24, 2.45) is 5.92 Å². The highest BCUT2D eigenvalue weighted by molar-refractivity contribution is 7.91. The van der Waals surface area contributed by atoms with Crippen LogP contribution in [0.4, 0.5) is 0 Å². The van der Waals surface area contributed by atoms with Gasteiger partial charge in [0.05, 0.1) is 17.6 Å². The molecule has 2 atom stereocenters. The summed E-state index contributed by atoms with van der Waals surface area (Å²) in [4.78, 5) is 2.24. The Kier molecular flexibility index (Phi) is 5.04. The molecule has 106 valence electrons. The first-order chi connectivity index (χ1) is 8.57. The molecule has 5 heteroatoms. The quantitative estimate of drug-likeness (QED) is 0.765. The number of hydrogen-bond acceptors (Lipinski definition) is 4. The van der Waals surface area contributed by atoms with E-state index in [0.29, 0.717) is 18.2 Å². The number of rotatable bonds is 2. The third-order valence-electron chi connectivity index (χ3n) is 4.26. The molecule has 18 heavy (non-hydrogen) atoms. The second-order valence-electron chi connectivity index (χ2n) is 5.77. The lowest BCUT2D eigenvalue weighted by molar-refractivity contribution is 0.0753. The summed E-state index contributed by atoms with van der Waals surface area (Å²) < 4.78 is 23.1. The molecular formula is C13H25NO3S. The molecule has 0 aromatic heterocycles. The first kappa shape index (κ1) is 14.3. The second-order valence-corrected chi connectivity index (χ2v) is 8.08. The maximum Gasteiger partial charge on any atom is 0.151 e. The molecule has 2 rings (SSSR count). The molecule has 0 amide bonds. The summed E-state index contributed by atoms with van der Waals surface area (Å²) in [5.74, 6) is 0.959. The van der Waals surface area contributed by atoms with Crippen molar-refractivity contribution in [3.05, 3.63) is 0 Å². The zero-order valence-corrected chi connectivity index (χ0v) is 11.9. The van der Waals surface area contributed by atoms with Crippen molar-refractivity contribution >= 4 is 9.84 Å². The van der Waals surface area contributed by atoms with Gasteiger partial charge < -0.3 is 10.0 Å². The van der Waals surface area contributed by atoms with Crippen molar-refractivity contribution in [1.82, 2.24) is 4.90 Å². The minimum Gasteiger partial charge on any atom is -0.393 e. The minimum atomic E-state index is -2.82. The van der Waals surface area contributed by atoms with Crippen molar-refractivity contribution in [1.29, 1.82) is 0 Å². The standard InChI is InChI=1S/C13H25NO3S/c15-13-6-3-1-2-5-12(13)11-14-7-4-9-18(16,17)10-8-14/h12-13,15H,1-11H2. The number of hydrogen-bond donors (Lipinski definition) is 1. The Hall–Kier alpha value is -0.130. The molecule has 2 unspecified atom stereocenters. The number of aliphatic hydroxyl groups is 1. The van der Waals surface area contributed by atoms with Crippen molar-refractivity contribution in [3.8, 4) is 0 Å². The largest absolute Gasteiger partial charge is 0.393 e. The Labute approximate surface area is 110 Å². The van der Waals surface area contributed by atoms with Crippen LogP contribution >= 0.6 is 0 Å². The van der Waals surface area contributed by atoms with Crippen molar-refractivity contribution in [2.45, 2.75) is 44.6 Å². The Morgan fingerprint density at radius 2 is 1.78 bits per heavy atom. The van der Waals surface area contributed by atoms with E-state index in [4.69, 9.17) is 0 Å². The molecule has 0 aromatic rings. The van der Waals surface area contributed by atoms with Crippen LogP contribution in [0.2, 0.25) is 0 Å². The van der Waals surface area contributed by atoms with Gasteiger partial charge in [-0.25, -0.2) is 8.42 Å². The number of nitrogens with zero attached hydrogens (tertiary/aromatic N) is 1. The zero-order chi connectivity index (χ0) is 13.0. The van der Waals surface area contributed by atoms with Gasteiger partial charge in [0, 0.05) is 13.1 Å². The Morgan fingerprint density at radius 1 is 1.00 bits per heavy atom. The maximum absolute atomic E-state index is 11.6. The molecule has 1 saturated heterocycles. The average Bonchev–Trinajstić information content (AvgIpc) is 2.60. The molecular weight excluding hydrogens is 250 g/mol. The van der Waals surface area contributed by atoms with Crippen LogP contribution in [0.25, 0.3) is 0 Å². The third-order valence-corrected chi connectivity index (χ3v) is 5.98. The first-order valence-electron chi connectivity index (χ1n) is 7.18. The molecule has 1 aliphatic heterocycles. The second kappa shape index (κ2) is 6.35. The lowest BCUT2D eigenvalue weighted by Gasteiger charge is -2.28. The van der Waals surface area contributed by atoms with Gasteiger partial charge >= 0.3 is 0 Å². The summed E-state index contributed by atoms with van der Waals surface area (Å²) in [6, 6.07) is 0. The van der Waals surface area contributed by atoms with E-state index >= 15 is 0 Å². The van der Waals surface area contributed by atoms with E-state index in [-0.39, 0.29) is 11.9 Å². The van der Waals surface area contributed by atoms with Gasteiger partial charge in [-0.05, 0) is 31.7 Å². The fraction of sp³-hybridized carbons (Fsp3) is 1.00. The molecule has 0 bridgehead atoms. The molecule has 1 aliphatic carbocycles. The summed E-state index contributed by atoms with van der Waals surface area (Å²) in [6.07, 6.45) is 6.11. The van der Waals surface area contributed by atoms with E-state index < -0.39 is 9.84 Å². The highest BCUT2D eigenvalue weighted by Gasteiger charge is 2.26. The van der Waals surface area contributed by atoms with Crippen molar-refractivity contribution < 1.29 is 13.5 Å². The number of aliphatic hydroxyl groups excluding tert-OH is 1. The normalized spacial score (nSPS) is 34.7.